The maximum atomic E-state index is 13.4. The molecule has 1 saturated heterocycles. The average molecular weight is 375 g/mol. The van der Waals surface area contributed by atoms with E-state index in [2.05, 4.69) is 16.0 Å². The van der Waals surface area contributed by atoms with Crippen molar-refractivity contribution in [1.29, 1.82) is 0 Å². The van der Waals surface area contributed by atoms with Crippen LogP contribution in [-0.4, -0.2) is 39.8 Å². The molecular weight excluding hydrogens is 348 g/mol. The van der Waals surface area contributed by atoms with E-state index in [1.807, 2.05) is 23.4 Å². The van der Waals surface area contributed by atoms with Crippen LogP contribution in [0.2, 0.25) is 0 Å². The lowest BCUT2D eigenvalue weighted by molar-refractivity contribution is -0.139. The number of carbonyl (C=O) groups is 1. The standard InChI is InChI=1S/C21H27F2N3O/c22-21(23)7-3-17(4-8-21)20(27)26-10-1-2-15(6-11-26)12-16-13-18-5-9-24-19(18)25-14-16/h5,9,13-15,17H,1-4,6-8,10-12H2,(H,24,25). The van der Waals surface area contributed by atoms with Crippen LogP contribution in [0.15, 0.2) is 24.5 Å². The largest absolute Gasteiger partial charge is 0.346 e. The summed E-state index contributed by atoms with van der Waals surface area (Å²) in [4.78, 5) is 22.3. The van der Waals surface area contributed by atoms with Gasteiger partial charge in [-0.15, -0.1) is 0 Å². The molecule has 0 bridgehead atoms. The zero-order chi connectivity index (χ0) is 18.9. The Balaban J connectivity index is 1.32. The van der Waals surface area contributed by atoms with Gasteiger partial charge in [0, 0.05) is 49.6 Å². The molecule has 1 atom stereocenters. The number of nitrogens with one attached hydrogen (secondary N) is 1. The lowest BCUT2D eigenvalue weighted by Crippen LogP contribution is -2.40. The number of hydrogen-bond acceptors (Lipinski definition) is 2. The van der Waals surface area contributed by atoms with E-state index in [9.17, 15) is 13.6 Å². The SMILES string of the molecule is O=C(C1CCC(F)(F)CC1)N1CCCC(Cc2cnc3[nH]ccc3c2)CC1. The number of H-pyrrole nitrogens is 1. The second-order valence-corrected chi connectivity index (χ2v) is 8.22. The van der Waals surface area contributed by atoms with Crippen LogP contribution in [0.5, 0.6) is 0 Å². The zero-order valence-corrected chi connectivity index (χ0v) is 15.6. The molecule has 1 aliphatic carbocycles. The predicted octanol–water partition coefficient (Wildman–Crippen LogP) is 4.56. The van der Waals surface area contributed by atoms with Crippen LogP contribution in [0.4, 0.5) is 8.78 Å². The van der Waals surface area contributed by atoms with Crippen LogP contribution in [0, 0.1) is 11.8 Å². The van der Waals surface area contributed by atoms with Gasteiger partial charge in [0.1, 0.15) is 5.65 Å². The van der Waals surface area contributed by atoms with Gasteiger partial charge in [-0.1, -0.05) is 0 Å². The number of pyridine rings is 1. The number of rotatable bonds is 3. The normalized spacial score (nSPS) is 24.1. The lowest BCUT2D eigenvalue weighted by Gasteiger charge is -2.31. The number of halogens is 2. The maximum absolute atomic E-state index is 13.4. The summed E-state index contributed by atoms with van der Waals surface area (Å²) >= 11 is 0. The Morgan fingerprint density at radius 3 is 2.85 bits per heavy atom. The first-order valence-electron chi connectivity index (χ1n) is 10.1. The first-order valence-corrected chi connectivity index (χ1v) is 10.1. The van der Waals surface area contributed by atoms with Gasteiger partial charge in [-0.3, -0.25) is 4.79 Å². The minimum absolute atomic E-state index is 0.0987. The first-order chi connectivity index (χ1) is 13.0. The molecule has 146 valence electrons. The van der Waals surface area contributed by atoms with Crippen molar-refractivity contribution in [1.82, 2.24) is 14.9 Å². The number of aromatic nitrogens is 2. The quantitative estimate of drug-likeness (QED) is 0.855. The fourth-order valence-electron chi connectivity index (χ4n) is 4.57. The van der Waals surface area contributed by atoms with E-state index in [0.29, 0.717) is 18.8 Å². The van der Waals surface area contributed by atoms with Crippen molar-refractivity contribution >= 4 is 16.9 Å². The van der Waals surface area contributed by atoms with Crippen LogP contribution >= 0.6 is 0 Å². The van der Waals surface area contributed by atoms with E-state index in [1.165, 1.54) is 5.56 Å². The third-order valence-corrected chi connectivity index (χ3v) is 6.21. The molecule has 2 fully saturated rings. The van der Waals surface area contributed by atoms with Crippen LogP contribution in [0.25, 0.3) is 11.0 Å². The van der Waals surface area contributed by atoms with Crippen molar-refractivity contribution in [2.24, 2.45) is 11.8 Å². The van der Waals surface area contributed by atoms with E-state index in [1.54, 1.807) is 0 Å². The van der Waals surface area contributed by atoms with Crippen molar-refractivity contribution in [2.75, 3.05) is 13.1 Å². The summed E-state index contributed by atoms with van der Waals surface area (Å²) in [6, 6.07) is 4.22. The van der Waals surface area contributed by atoms with Gasteiger partial charge in [-0.25, -0.2) is 13.8 Å². The molecule has 0 spiro atoms. The second kappa shape index (κ2) is 7.56. The van der Waals surface area contributed by atoms with Crippen LogP contribution in [-0.2, 0) is 11.2 Å². The molecular formula is C21H27F2N3O. The molecule has 27 heavy (non-hydrogen) atoms. The topological polar surface area (TPSA) is 49.0 Å². The Labute approximate surface area is 158 Å². The molecule has 1 amide bonds. The Kier molecular flexibility index (Phi) is 5.15. The minimum atomic E-state index is -2.57. The highest BCUT2D eigenvalue weighted by Gasteiger charge is 2.38. The van der Waals surface area contributed by atoms with Crippen molar-refractivity contribution < 1.29 is 13.6 Å². The van der Waals surface area contributed by atoms with Gasteiger partial charge >= 0.3 is 0 Å². The number of alkyl halides is 2. The lowest BCUT2D eigenvalue weighted by atomic mass is 9.86. The highest BCUT2D eigenvalue weighted by Crippen LogP contribution is 2.37. The fraction of sp³-hybridized carbons (Fsp3) is 0.619. The average Bonchev–Trinajstić information content (AvgIpc) is 2.99. The van der Waals surface area contributed by atoms with Gasteiger partial charge < -0.3 is 9.88 Å². The Morgan fingerprint density at radius 2 is 2.04 bits per heavy atom. The maximum Gasteiger partial charge on any atom is 0.248 e. The number of fused-ring (bicyclic) bond motifs is 1. The molecule has 4 nitrogen and oxygen atoms in total. The number of aromatic amines is 1. The van der Waals surface area contributed by atoms with Gasteiger partial charge in [-0.2, -0.15) is 0 Å². The number of likely N-dealkylation sites (tertiary alicyclic amines) is 1. The third-order valence-electron chi connectivity index (χ3n) is 6.21. The molecule has 2 aromatic rings. The molecule has 2 aliphatic rings. The van der Waals surface area contributed by atoms with Gasteiger partial charge in [0.25, 0.3) is 0 Å². The van der Waals surface area contributed by atoms with Crippen molar-refractivity contribution in [2.45, 2.75) is 57.3 Å². The van der Waals surface area contributed by atoms with Gasteiger partial charge in [0.15, 0.2) is 0 Å². The van der Waals surface area contributed by atoms with Crippen LogP contribution in [0.3, 0.4) is 0 Å². The molecule has 3 heterocycles. The highest BCUT2D eigenvalue weighted by molar-refractivity contribution is 5.79. The van der Waals surface area contributed by atoms with Crippen molar-refractivity contribution in [3.05, 3.63) is 30.1 Å². The van der Waals surface area contributed by atoms with Crippen molar-refractivity contribution in [3.63, 3.8) is 0 Å². The molecule has 4 rings (SSSR count). The second-order valence-electron chi connectivity index (χ2n) is 8.22. The molecule has 6 heteroatoms. The Hall–Kier alpha value is -1.98. The Morgan fingerprint density at radius 1 is 1.22 bits per heavy atom. The minimum Gasteiger partial charge on any atom is -0.346 e. The van der Waals surface area contributed by atoms with E-state index < -0.39 is 5.92 Å². The van der Waals surface area contributed by atoms with Gasteiger partial charge in [0.05, 0.1) is 0 Å². The summed E-state index contributed by atoms with van der Waals surface area (Å²) in [5.41, 5.74) is 2.15. The summed E-state index contributed by atoms with van der Waals surface area (Å²) in [5.74, 6) is -2.14. The summed E-state index contributed by atoms with van der Waals surface area (Å²) < 4.78 is 26.7. The number of carbonyl (C=O) groups excluding carboxylic acids is 1. The number of nitrogens with zero attached hydrogens (tertiary/aromatic N) is 2. The van der Waals surface area contributed by atoms with Crippen LogP contribution < -0.4 is 0 Å². The summed E-state index contributed by atoms with van der Waals surface area (Å²) in [6.07, 6.45) is 8.24. The summed E-state index contributed by atoms with van der Waals surface area (Å²) in [5, 5.41) is 1.13. The third kappa shape index (κ3) is 4.30. The molecule has 0 radical (unpaired) electrons. The highest BCUT2D eigenvalue weighted by atomic mass is 19.3. The van der Waals surface area contributed by atoms with E-state index in [4.69, 9.17) is 0 Å². The molecule has 1 saturated carbocycles. The zero-order valence-electron chi connectivity index (χ0n) is 15.6. The van der Waals surface area contributed by atoms with Crippen LogP contribution in [0.1, 0.15) is 50.5 Å². The molecule has 0 aromatic carbocycles. The molecule has 2 aromatic heterocycles. The molecule has 1 aliphatic heterocycles. The molecule has 1 unspecified atom stereocenters. The van der Waals surface area contributed by atoms with Gasteiger partial charge in [-0.05, 0) is 62.1 Å². The Bertz CT molecular complexity index is 794. The van der Waals surface area contributed by atoms with Gasteiger partial charge in [0.2, 0.25) is 11.8 Å². The smallest absolute Gasteiger partial charge is 0.248 e. The van der Waals surface area contributed by atoms with E-state index in [0.717, 1.165) is 49.8 Å². The van der Waals surface area contributed by atoms with E-state index in [-0.39, 0.29) is 24.7 Å². The first kappa shape index (κ1) is 18.4. The van der Waals surface area contributed by atoms with E-state index >= 15 is 0 Å². The summed E-state index contributed by atoms with van der Waals surface area (Å²) in [7, 11) is 0. The van der Waals surface area contributed by atoms with Crippen molar-refractivity contribution in [3.8, 4) is 0 Å². The summed E-state index contributed by atoms with van der Waals surface area (Å²) in [6.45, 7) is 1.51. The number of amides is 1. The fourth-order valence-corrected chi connectivity index (χ4v) is 4.57. The predicted molar refractivity (Wildman–Crippen MR) is 101 cm³/mol. The number of hydrogen-bond donors (Lipinski definition) is 1. The monoisotopic (exact) mass is 375 g/mol. The molecule has 1 N–H and O–H groups in total.